The number of aliphatic hydroxyl groups excluding tert-OH is 3. The van der Waals surface area contributed by atoms with Gasteiger partial charge in [0, 0.05) is 11.3 Å². The summed E-state index contributed by atoms with van der Waals surface area (Å²) in [6.07, 6.45) is -1.96. The van der Waals surface area contributed by atoms with Gasteiger partial charge in [-0.15, -0.1) is 5.10 Å². The first-order chi connectivity index (χ1) is 11.8. The van der Waals surface area contributed by atoms with Crippen LogP contribution in [0.1, 0.15) is 0 Å². The predicted molar refractivity (Wildman–Crippen MR) is 80.9 cm³/mol. The fourth-order valence-electron chi connectivity index (χ4n) is 2.61. The zero-order chi connectivity index (χ0) is 18.4. The molecule has 0 aliphatic carbocycles. The van der Waals surface area contributed by atoms with E-state index in [1.165, 1.54) is 0 Å². The second-order valence-electron chi connectivity index (χ2n) is 5.60. The predicted octanol–water partition coefficient (Wildman–Crippen LogP) is -0.163. The molecule has 1 saturated heterocycles. The van der Waals surface area contributed by atoms with E-state index < -0.39 is 47.2 Å². The Morgan fingerprint density at radius 3 is 2.48 bits per heavy atom. The number of halogens is 3. The number of rotatable bonds is 3. The zero-order valence-electron chi connectivity index (χ0n) is 12.6. The quantitative estimate of drug-likeness (QED) is 0.550. The molecule has 7 nitrogen and oxygen atoms in total. The van der Waals surface area contributed by atoms with Crippen molar-refractivity contribution in [2.24, 2.45) is 0 Å². The summed E-state index contributed by atoms with van der Waals surface area (Å²) in [5.41, 5.74) is -2.54. The van der Waals surface area contributed by atoms with Crippen LogP contribution in [0.5, 0.6) is 0 Å². The molecule has 25 heavy (non-hydrogen) atoms. The molecule has 0 amide bonds. The van der Waals surface area contributed by atoms with Crippen LogP contribution < -0.4 is 0 Å². The Labute approximate surface area is 143 Å². The van der Waals surface area contributed by atoms with Crippen LogP contribution >= 0.6 is 11.8 Å². The van der Waals surface area contributed by atoms with E-state index in [0.29, 0.717) is 12.1 Å². The first-order valence-electron chi connectivity index (χ1n) is 7.17. The summed E-state index contributed by atoms with van der Waals surface area (Å²) in [7, 11) is 0. The van der Waals surface area contributed by atoms with Gasteiger partial charge in [0.25, 0.3) is 0 Å². The van der Waals surface area contributed by atoms with Crippen molar-refractivity contribution in [1.82, 2.24) is 15.0 Å². The van der Waals surface area contributed by atoms with E-state index in [4.69, 9.17) is 0 Å². The number of thioether (sulfide) groups is 1. The third-order valence-electron chi connectivity index (χ3n) is 4.07. The van der Waals surface area contributed by atoms with E-state index in [0.717, 1.165) is 22.6 Å². The van der Waals surface area contributed by atoms with E-state index in [-0.39, 0.29) is 17.0 Å². The minimum Gasteiger partial charge on any atom is -0.395 e. The van der Waals surface area contributed by atoms with Gasteiger partial charge in [-0.05, 0) is 12.1 Å². The fourth-order valence-corrected chi connectivity index (χ4v) is 3.78. The molecule has 2 aromatic rings. The maximum absolute atomic E-state index is 13.4. The molecule has 136 valence electrons. The summed E-state index contributed by atoms with van der Waals surface area (Å²) in [5, 5.41) is 46.8. The molecule has 1 fully saturated rings. The number of benzene rings is 1. The topological polar surface area (TPSA) is 112 Å². The molecular formula is C14H14F3N3O4S. The maximum atomic E-state index is 13.4. The monoisotopic (exact) mass is 377 g/mol. The van der Waals surface area contributed by atoms with Gasteiger partial charge in [0.05, 0.1) is 18.1 Å². The van der Waals surface area contributed by atoms with E-state index in [9.17, 15) is 33.6 Å². The van der Waals surface area contributed by atoms with Crippen LogP contribution in [0.4, 0.5) is 13.2 Å². The minimum absolute atomic E-state index is 0.00772. The number of hydrogen-bond donors (Lipinski definition) is 4. The minimum atomic E-state index is -2.29. The molecule has 4 atom stereocenters. The van der Waals surface area contributed by atoms with Gasteiger partial charge in [-0.25, -0.2) is 17.9 Å². The van der Waals surface area contributed by atoms with Crippen LogP contribution in [0, 0.1) is 17.5 Å². The molecular weight excluding hydrogens is 363 g/mol. The van der Waals surface area contributed by atoms with Gasteiger partial charge in [-0.1, -0.05) is 5.21 Å². The molecule has 0 unspecified atom stereocenters. The second-order valence-corrected chi connectivity index (χ2v) is 6.87. The smallest absolute Gasteiger partial charge is 0.213 e. The van der Waals surface area contributed by atoms with E-state index in [1.807, 2.05) is 0 Å². The summed E-state index contributed by atoms with van der Waals surface area (Å²) < 4.78 is 40.5. The third-order valence-corrected chi connectivity index (χ3v) is 5.41. The number of nitrogens with zero attached hydrogens (tertiary/aromatic N) is 3. The van der Waals surface area contributed by atoms with Gasteiger partial charge in [-0.3, -0.25) is 0 Å². The van der Waals surface area contributed by atoms with Crippen molar-refractivity contribution < 1.29 is 33.6 Å². The molecule has 0 saturated carbocycles. The molecule has 2 heterocycles. The molecule has 1 aliphatic heterocycles. The average molecular weight is 377 g/mol. The fraction of sp³-hybridized carbons (Fsp3) is 0.429. The van der Waals surface area contributed by atoms with Crippen LogP contribution in [0.25, 0.3) is 11.3 Å². The lowest BCUT2D eigenvalue weighted by Gasteiger charge is -2.43. The highest BCUT2D eigenvalue weighted by molar-refractivity contribution is 8.00. The summed E-state index contributed by atoms with van der Waals surface area (Å²) in [5.74, 6) is -4.46. The van der Waals surface area contributed by atoms with Gasteiger partial charge in [0.15, 0.2) is 17.5 Å². The number of aromatic nitrogens is 3. The van der Waals surface area contributed by atoms with Crippen LogP contribution in [0.2, 0.25) is 0 Å². The standard InChI is InChI=1S/C14H14F3N3O4S/c15-7-1-6(2-8(16)12(7)17)9-3-20(19-18-9)14(24)11(22)5-25-10(4-21)13(14)23/h1-3,10-11,13,21-24H,4-5H2/t10-,11+,13+,14-/m1/s1. The number of aliphatic hydroxyl groups is 4. The highest BCUT2D eigenvalue weighted by atomic mass is 32.2. The van der Waals surface area contributed by atoms with Crippen LogP contribution in [0.15, 0.2) is 18.3 Å². The Morgan fingerprint density at radius 2 is 1.88 bits per heavy atom. The van der Waals surface area contributed by atoms with Gasteiger partial charge >= 0.3 is 0 Å². The van der Waals surface area contributed by atoms with Gasteiger partial charge in [0.1, 0.15) is 17.9 Å². The third kappa shape index (κ3) is 2.91. The van der Waals surface area contributed by atoms with Crippen molar-refractivity contribution in [1.29, 1.82) is 0 Å². The van der Waals surface area contributed by atoms with Crippen LogP contribution in [0.3, 0.4) is 0 Å². The summed E-state index contributed by atoms with van der Waals surface area (Å²) in [4.78, 5) is 0. The molecule has 1 aromatic carbocycles. The van der Waals surface area contributed by atoms with Crippen LogP contribution in [-0.4, -0.2) is 65.2 Å². The largest absolute Gasteiger partial charge is 0.395 e. The zero-order valence-corrected chi connectivity index (χ0v) is 13.4. The SMILES string of the molecule is OC[C@H]1SC[C@H](O)[C@](O)(n2cc(-c3cc(F)c(F)c(F)c3)nn2)[C@H]1O. The van der Waals surface area contributed by atoms with Gasteiger partial charge in [0.2, 0.25) is 5.72 Å². The Bertz CT molecular complexity index is 769. The van der Waals surface area contributed by atoms with E-state index in [2.05, 4.69) is 10.3 Å². The van der Waals surface area contributed by atoms with E-state index >= 15 is 0 Å². The average Bonchev–Trinajstić information content (AvgIpc) is 3.08. The lowest BCUT2D eigenvalue weighted by Crippen LogP contribution is -2.62. The molecule has 1 aliphatic rings. The summed E-state index contributed by atoms with van der Waals surface area (Å²) in [6, 6.07) is 1.41. The van der Waals surface area contributed by atoms with Crippen molar-refractivity contribution in [3.05, 3.63) is 35.8 Å². The van der Waals surface area contributed by atoms with Crippen molar-refractivity contribution in [2.45, 2.75) is 23.2 Å². The van der Waals surface area contributed by atoms with E-state index in [1.54, 1.807) is 0 Å². The Kier molecular flexibility index (Phi) is 4.77. The summed E-state index contributed by atoms with van der Waals surface area (Å²) >= 11 is 1.07. The maximum Gasteiger partial charge on any atom is 0.213 e. The second kappa shape index (κ2) is 6.57. The van der Waals surface area contributed by atoms with Crippen molar-refractivity contribution in [3.63, 3.8) is 0 Å². The molecule has 3 rings (SSSR count). The highest BCUT2D eigenvalue weighted by Gasteiger charge is 2.52. The van der Waals surface area contributed by atoms with Crippen molar-refractivity contribution in [3.8, 4) is 11.3 Å². The molecule has 0 radical (unpaired) electrons. The summed E-state index contributed by atoms with van der Waals surface area (Å²) in [6.45, 7) is -0.448. The number of hydrogen-bond acceptors (Lipinski definition) is 7. The molecule has 0 bridgehead atoms. The first-order valence-corrected chi connectivity index (χ1v) is 8.22. The molecule has 11 heteroatoms. The van der Waals surface area contributed by atoms with Crippen LogP contribution in [-0.2, 0) is 5.72 Å². The van der Waals surface area contributed by atoms with Gasteiger partial charge in [-0.2, -0.15) is 11.8 Å². The lowest BCUT2D eigenvalue weighted by atomic mass is 9.97. The molecule has 4 N–H and O–H groups in total. The lowest BCUT2D eigenvalue weighted by molar-refractivity contribution is -0.206. The Morgan fingerprint density at radius 1 is 1.24 bits per heavy atom. The highest BCUT2D eigenvalue weighted by Crippen LogP contribution is 2.37. The molecule has 0 spiro atoms. The first kappa shape index (κ1) is 18.1. The Balaban J connectivity index is 2.00. The van der Waals surface area contributed by atoms with Gasteiger partial charge < -0.3 is 20.4 Å². The Hall–Kier alpha value is -1.66. The van der Waals surface area contributed by atoms with Crippen molar-refractivity contribution >= 4 is 11.8 Å². The normalized spacial score (nSPS) is 29.8. The van der Waals surface area contributed by atoms with Crippen molar-refractivity contribution in [2.75, 3.05) is 12.4 Å². The molecule has 1 aromatic heterocycles.